The van der Waals surface area contributed by atoms with E-state index in [0.717, 1.165) is 12.1 Å². The van der Waals surface area contributed by atoms with Crippen LogP contribution in [0.2, 0.25) is 0 Å². The van der Waals surface area contributed by atoms with Crippen LogP contribution in [0.1, 0.15) is 5.56 Å². The first-order valence-electron chi connectivity index (χ1n) is 5.07. The van der Waals surface area contributed by atoms with Crippen molar-refractivity contribution in [2.45, 2.75) is 6.54 Å². The number of aromatic nitrogens is 1. The Morgan fingerprint density at radius 3 is 2.67 bits per heavy atom. The van der Waals surface area contributed by atoms with Gasteiger partial charge in [-0.25, -0.2) is 8.78 Å². The SMILES string of the molecule is Nc1cc(Br)c(=O)n(Cc2ccc(F)cc2F)c1. The molecule has 0 saturated heterocycles. The Bertz CT molecular complexity index is 655. The second kappa shape index (κ2) is 4.89. The molecule has 94 valence electrons. The Hall–Kier alpha value is -1.69. The van der Waals surface area contributed by atoms with E-state index in [1.807, 2.05) is 0 Å². The van der Waals surface area contributed by atoms with Crippen LogP contribution < -0.4 is 11.3 Å². The van der Waals surface area contributed by atoms with Crippen LogP contribution in [0.25, 0.3) is 0 Å². The number of hydrogen-bond donors (Lipinski definition) is 1. The van der Waals surface area contributed by atoms with Gasteiger partial charge in [0.1, 0.15) is 11.6 Å². The van der Waals surface area contributed by atoms with E-state index in [4.69, 9.17) is 5.73 Å². The highest BCUT2D eigenvalue weighted by atomic mass is 79.9. The van der Waals surface area contributed by atoms with E-state index >= 15 is 0 Å². The summed E-state index contributed by atoms with van der Waals surface area (Å²) in [7, 11) is 0. The molecule has 0 spiro atoms. The summed E-state index contributed by atoms with van der Waals surface area (Å²) in [5, 5.41) is 0. The average molecular weight is 315 g/mol. The molecule has 0 aliphatic heterocycles. The first-order valence-corrected chi connectivity index (χ1v) is 5.86. The predicted molar refractivity (Wildman–Crippen MR) is 68.3 cm³/mol. The van der Waals surface area contributed by atoms with Gasteiger partial charge in [0, 0.05) is 23.5 Å². The highest BCUT2D eigenvalue weighted by Crippen LogP contribution is 2.13. The highest BCUT2D eigenvalue weighted by molar-refractivity contribution is 9.10. The lowest BCUT2D eigenvalue weighted by atomic mass is 10.2. The van der Waals surface area contributed by atoms with Crippen molar-refractivity contribution >= 4 is 21.6 Å². The van der Waals surface area contributed by atoms with E-state index in [2.05, 4.69) is 15.9 Å². The summed E-state index contributed by atoms with van der Waals surface area (Å²) in [4.78, 5) is 11.8. The lowest BCUT2D eigenvalue weighted by molar-refractivity contribution is 0.564. The van der Waals surface area contributed by atoms with Crippen molar-refractivity contribution in [3.05, 3.63) is 62.5 Å². The summed E-state index contributed by atoms with van der Waals surface area (Å²) in [6.45, 7) is -0.00537. The molecule has 0 saturated carbocycles. The lowest BCUT2D eigenvalue weighted by Crippen LogP contribution is -2.21. The highest BCUT2D eigenvalue weighted by Gasteiger charge is 2.08. The summed E-state index contributed by atoms with van der Waals surface area (Å²) < 4.78 is 27.8. The standard InChI is InChI=1S/C12H9BrF2N2O/c13-10-4-9(16)6-17(12(10)18)5-7-1-2-8(14)3-11(7)15/h1-4,6H,5,16H2. The topological polar surface area (TPSA) is 48.0 Å². The second-order valence-electron chi connectivity index (χ2n) is 3.79. The summed E-state index contributed by atoms with van der Waals surface area (Å²) in [6.07, 6.45) is 1.41. The van der Waals surface area contributed by atoms with Crippen molar-refractivity contribution in [1.82, 2.24) is 4.57 Å². The van der Waals surface area contributed by atoms with E-state index in [9.17, 15) is 13.6 Å². The molecule has 0 unspecified atom stereocenters. The van der Waals surface area contributed by atoms with Crippen LogP contribution in [0.5, 0.6) is 0 Å². The van der Waals surface area contributed by atoms with Gasteiger partial charge in [-0.2, -0.15) is 0 Å². The summed E-state index contributed by atoms with van der Waals surface area (Å²) in [5.74, 6) is -1.35. The Labute approximate surface area is 110 Å². The van der Waals surface area contributed by atoms with Gasteiger partial charge < -0.3 is 10.3 Å². The molecule has 0 aliphatic rings. The van der Waals surface area contributed by atoms with Crippen LogP contribution in [0.15, 0.2) is 39.7 Å². The van der Waals surface area contributed by atoms with Gasteiger partial charge in [0.15, 0.2) is 0 Å². The number of halogens is 3. The number of rotatable bonds is 2. The molecule has 2 N–H and O–H groups in total. The minimum Gasteiger partial charge on any atom is -0.398 e. The van der Waals surface area contributed by atoms with Gasteiger partial charge in [0.2, 0.25) is 0 Å². The van der Waals surface area contributed by atoms with E-state index in [-0.39, 0.29) is 17.7 Å². The molecule has 3 nitrogen and oxygen atoms in total. The maximum atomic E-state index is 13.5. The Morgan fingerprint density at radius 1 is 1.28 bits per heavy atom. The zero-order chi connectivity index (χ0) is 13.3. The van der Waals surface area contributed by atoms with E-state index in [1.165, 1.54) is 22.9 Å². The van der Waals surface area contributed by atoms with Crippen LogP contribution >= 0.6 is 15.9 Å². The number of nitrogens with zero attached hydrogens (tertiary/aromatic N) is 1. The van der Waals surface area contributed by atoms with Crippen LogP contribution in [-0.4, -0.2) is 4.57 Å². The van der Waals surface area contributed by atoms with E-state index in [1.54, 1.807) is 0 Å². The Balaban J connectivity index is 2.43. The number of nitrogens with two attached hydrogens (primary N) is 1. The first-order chi connectivity index (χ1) is 8.47. The molecule has 0 fully saturated rings. The van der Waals surface area contributed by atoms with Gasteiger partial charge >= 0.3 is 0 Å². The van der Waals surface area contributed by atoms with Crippen molar-refractivity contribution in [2.24, 2.45) is 0 Å². The third-order valence-corrected chi connectivity index (χ3v) is 2.99. The predicted octanol–water partition coefficient (Wildman–Crippen LogP) is 2.52. The molecule has 18 heavy (non-hydrogen) atoms. The number of anilines is 1. The van der Waals surface area contributed by atoms with Crippen molar-refractivity contribution in [3.8, 4) is 0 Å². The second-order valence-corrected chi connectivity index (χ2v) is 4.64. The zero-order valence-electron chi connectivity index (χ0n) is 9.16. The molecule has 2 rings (SSSR count). The van der Waals surface area contributed by atoms with Crippen molar-refractivity contribution in [1.29, 1.82) is 0 Å². The Kier molecular flexibility index (Phi) is 3.47. The first kappa shape index (κ1) is 12.8. The molecule has 1 heterocycles. The summed E-state index contributed by atoms with van der Waals surface area (Å²) in [5.41, 5.74) is 5.87. The molecule has 0 bridgehead atoms. The fourth-order valence-corrected chi connectivity index (χ4v) is 2.06. The van der Waals surface area contributed by atoms with Crippen LogP contribution in [0, 0.1) is 11.6 Å². The van der Waals surface area contributed by atoms with E-state index < -0.39 is 11.6 Å². The maximum Gasteiger partial charge on any atom is 0.265 e. The summed E-state index contributed by atoms with van der Waals surface area (Å²) in [6, 6.07) is 4.69. The number of hydrogen-bond acceptors (Lipinski definition) is 2. The maximum absolute atomic E-state index is 13.5. The van der Waals surface area contributed by atoms with Crippen molar-refractivity contribution in [2.75, 3.05) is 5.73 Å². The third-order valence-electron chi connectivity index (χ3n) is 2.42. The molecule has 0 atom stereocenters. The van der Waals surface area contributed by atoms with Gasteiger partial charge in [0.05, 0.1) is 11.0 Å². The molecule has 0 radical (unpaired) electrons. The molecular formula is C12H9BrF2N2O. The quantitative estimate of drug-likeness (QED) is 0.926. The fourth-order valence-electron chi connectivity index (χ4n) is 1.57. The van der Waals surface area contributed by atoms with Crippen molar-refractivity contribution in [3.63, 3.8) is 0 Å². The van der Waals surface area contributed by atoms with Crippen LogP contribution in [-0.2, 0) is 6.54 Å². The monoisotopic (exact) mass is 314 g/mol. The van der Waals surface area contributed by atoms with Gasteiger partial charge in [-0.1, -0.05) is 6.07 Å². The van der Waals surface area contributed by atoms with Gasteiger partial charge in [-0.15, -0.1) is 0 Å². The molecule has 0 aliphatic carbocycles. The van der Waals surface area contributed by atoms with Crippen molar-refractivity contribution < 1.29 is 8.78 Å². The molecule has 6 heteroatoms. The molecule has 2 aromatic rings. The average Bonchev–Trinajstić information content (AvgIpc) is 2.29. The normalized spacial score (nSPS) is 10.6. The number of pyridine rings is 1. The van der Waals surface area contributed by atoms with Crippen LogP contribution in [0.3, 0.4) is 0 Å². The van der Waals surface area contributed by atoms with E-state index in [0.29, 0.717) is 10.2 Å². The molecule has 1 aromatic carbocycles. The minimum absolute atomic E-state index is 0.00537. The van der Waals surface area contributed by atoms with Crippen LogP contribution in [0.4, 0.5) is 14.5 Å². The Morgan fingerprint density at radius 2 is 2.00 bits per heavy atom. The van der Waals surface area contributed by atoms with Gasteiger partial charge in [-0.3, -0.25) is 4.79 Å². The van der Waals surface area contributed by atoms with Gasteiger partial charge in [-0.05, 0) is 28.1 Å². The van der Waals surface area contributed by atoms with Gasteiger partial charge in [0.25, 0.3) is 5.56 Å². The summed E-state index contributed by atoms with van der Waals surface area (Å²) >= 11 is 3.07. The zero-order valence-corrected chi connectivity index (χ0v) is 10.7. The number of benzene rings is 1. The fraction of sp³-hybridized carbons (Fsp3) is 0.0833. The molecule has 0 amide bonds. The molecular weight excluding hydrogens is 306 g/mol. The lowest BCUT2D eigenvalue weighted by Gasteiger charge is -2.08. The third kappa shape index (κ3) is 2.59. The smallest absolute Gasteiger partial charge is 0.265 e. The number of nitrogen functional groups attached to an aromatic ring is 1. The minimum atomic E-state index is -0.694. The largest absolute Gasteiger partial charge is 0.398 e. The molecule has 1 aromatic heterocycles.